The van der Waals surface area contributed by atoms with Crippen LogP contribution in [0.25, 0.3) is 0 Å². The minimum absolute atomic E-state index is 0.296. The summed E-state index contributed by atoms with van der Waals surface area (Å²) in [5.41, 5.74) is 3.76. The van der Waals surface area contributed by atoms with Crippen LogP contribution in [0.15, 0.2) is 34.9 Å². The van der Waals surface area contributed by atoms with Gasteiger partial charge in [-0.15, -0.1) is 0 Å². The number of aliphatic hydroxyl groups is 1. The second-order valence-corrected chi connectivity index (χ2v) is 7.19. The maximum Gasteiger partial charge on any atom is 0.0707 e. The van der Waals surface area contributed by atoms with Crippen LogP contribution >= 0.6 is 0 Å². The second-order valence-electron chi connectivity index (χ2n) is 7.19. The largest absolute Gasteiger partial charge is 0.389 e. The van der Waals surface area contributed by atoms with Crippen molar-refractivity contribution >= 4 is 0 Å². The summed E-state index contributed by atoms with van der Waals surface area (Å²) in [7, 11) is 0. The van der Waals surface area contributed by atoms with Crippen molar-refractivity contribution < 1.29 is 5.11 Å². The predicted octanol–water partition coefficient (Wildman–Crippen LogP) is 5.96. The zero-order valence-corrected chi connectivity index (χ0v) is 14.7. The third-order valence-corrected chi connectivity index (χ3v) is 4.89. The molecule has 1 heteroatoms. The van der Waals surface area contributed by atoms with Crippen molar-refractivity contribution in [1.82, 2.24) is 0 Å². The molecular formula is C20H34O. The van der Waals surface area contributed by atoms with Gasteiger partial charge in [0.25, 0.3) is 0 Å². The van der Waals surface area contributed by atoms with Gasteiger partial charge in [0.1, 0.15) is 0 Å². The predicted molar refractivity (Wildman–Crippen MR) is 93.4 cm³/mol. The van der Waals surface area contributed by atoms with Gasteiger partial charge in [-0.25, -0.2) is 0 Å². The van der Waals surface area contributed by atoms with Crippen LogP contribution in [-0.2, 0) is 0 Å². The molecule has 0 aromatic carbocycles. The Bertz CT molecular complexity index is 412. The molecule has 0 aromatic heterocycles. The fraction of sp³-hybridized carbons (Fsp3) is 0.700. The average molecular weight is 290 g/mol. The molecule has 1 aliphatic carbocycles. The van der Waals surface area contributed by atoms with Crippen molar-refractivity contribution in [3.8, 4) is 0 Å². The summed E-state index contributed by atoms with van der Waals surface area (Å²) in [6, 6.07) is 0. The first-order chi connectivity index (χ1) is 9.83. The van der Waals surface area contributed by atoms with E-state index >= 15 is 0 Å². The maximum atomic E-state index is 11.0. The lowest BCUT2D eigenvalue weighted by molar-refractivity contribution is -0.0101. The molecule has 21 heavy (non-hydrogen) atoms. The normalized spacial score (nSPS) is 34.1. The summed E-state index contributed by atoms with van der Waals surface area (Å²) >= 11 is 0. The Morgan fingerprint density at radius 3 is 1.86 bits per heavy atom. The molecule has 0 heterocycles. The summed E-state index contributed by atoms with van der Waals surface area (Å²) in [5.74, 6) is 0.296. The molecule has 0 fully saturated rings. The zero-order valence-electron chi connectivity index (χ0n) is 14.7. The van der Waals surface area contributed by atoms with E-state index in [1.807, 2.05) is 0 Å². The minimum Gasteiger partial charge on any atom is -0.389 e. The van der Waals surface area contributed by atoms with E-state index in [4.69, 9.17) is 0 Å². The quantitative estimate of drug-likeness (QED) is 0.591. The number of allylic oxidation sites excluding steroid dienone is 5. The number of hydrogen-bond donors (Lipinski definition) is 1. The molecule has 0 aliphatic heterocycles. The third-order valence-electron chi connectivity index (χ3n) is 4.89. The van der Waals surface area contributed by atoms with E-state index in [0.717, 1.165) is 44.9 Å². The highest BCUT2D eigenvalue weighted by Crippen LogP contribution is 2.30. The summed E-state index contributed by atoms with van der Waals surface area (Å²) in [6.07, 6.45) is 14.2. The van der Waals surface area contributed by atoms with Crippen molar-refractivity contribution in [3.63, 3.8) is 0 Å². The summed E-state index contributed by atoms with van der Waals surface area (Å²) < 4.78 is 0. The monoisotopic (exact) mass is 290 g/mol. The summed E-state index contributed by atoms with van der Waals surface area (Å²) in [4.78, 5) is 0. The van der Waals surface area contributed by atoms with Gasteiger partial charge >= 0.3 is 0 Å². The van der Waals surface area contributed by atoms with E-state index < -0.39 is 5.60 Å². The molecule has 1 rings (SSSR count). The van der Waals surface area contributed by atoms with Crippen molar-refractivity contribution in [2.24, 2.45) is 5.92 Å². The van der Waals surface area contributed by atoms with E-state index in [1.54, 1.807) is 0 Å². The Hall–Kier alpha value is -0.820. The lowest BCUT2D eigenvalue weighted by Gasteiger charge is -2.32. The Balaban J connectivity index is 2.88. The van der Waals surface area contributed by atoms with Crippen LogP contribution in [0.5, 0.6) is 0 Å². The lowest BCUT2D eigenvalue weighted by Crippen LogP contribution is -2.34. The van der Waals surface area contributed by atoms with Gasteiger partial charge in [0, 0.05) is 0 Å². The molecule has 0 aromatic rings. The van der Waals surface area contributed by atoms with Gasteiger partial charge in [-0.1, -0.05) is 48.8 Å². The number of hydrogen-bond acceptors (Lipinski definition) is 1. The molecule has 1 atom stereocenters. The molecule has 0 bridgehead atoms. The van der Waals surface area contributed by atoms with Crippen LogP contribution in [0.4, 0.5) is 0 Å². The second kappa shape index (κ2) is 8.58. The molecule has 0 spiro atoms. The molecular weight excluding hydrogens is 256 g/mol. The average Bonchev–Trinajstić information content (AvgIpc) is 2.42. The highest BCUT2D eigenvalue weighted by atomic mass is 16.3. The highest BCUT2D eigenvalue weighted by Gasteiger charge is 2.29. The first kappa shape index (κ1) is 18.2. The van der Waals surface area contributed by atoms with Gasteiger partial charge in [0.05, 0.1) is 5.60 Å². The number of rotatable bonds is 1. The van der Waals surface area contributed by atoms with Crippen LogP contribution < -0.4 is 0 Å². The minimum atomic E-state index is -0.563. The molecule has 0 amide bonds. The Labute approximate surface area is 131 Å². The SMILES string of the molecule is C/C1=C/CC(O)(C(C)C)CC/C(C)=C\CC/C(C)=C/CC1. The molecule has 120 valence electrons. The highest BCUT2D eigenvalue weighted by molar-refractivity contribution is 5.09. The van der Waals surface area contributed by atoms with Gasteiger partial charge < -0.3 is 5.11 Å². The van der Waals surface area contributed by atoms with Crippen molar-refractivity contribution in [1.29, 1.82) is 0 Å². The molecule has 1 unspecified atom stereocenters. The van der Waals surface area contributed by atoms with Crippen molar-refractivity contribution in [2.75, 3.05) is 0 Å². The maximum absolute atomic E-state index is 11.0. The van der Waals surface area contributed by atoms with Crippen molar-refractivity contribution in [2.45, 2.75) is 85.2 Å². The molecule has 1 nitrogen and oxygen atoms in total. The van der Waals surface area contributed by atoms with Gasteiger partial charge in [-0.05, 0) is 71.6 Å². The summed E-state index contributed by atoms with van der Waals surface area (Å²) in [5, 5.41) is 11.0. The van der Waals surface area contributed by atoms with Gasteiger partial charge in [0.15, 0.2) is 0 Å². The van der Waals surface area contributed by atoms with Crippen LogP contribution in [-0.4, -0.2) is 10.7 Å². The van der Waals surface area contributed by atoms with E-state index in [0.29, 0.717) is 5.92 Å². The van der Waals surface area contributed by atoms with Crippen LogP contribution in [0, 0.1) is 5.92 Å². The fourth-order valence-electron chi connectivity index (χ4n) is 2.79. The molecule has 1 aliphatic rings. The Morgan fingerprint density at radius 2 is 1.33 bits per heavy atom. The lowest BCUT2D eigenvalue weighted by atomic mass is 9.81. The van der Waals surface area contributed by atoms with Crippen molar-refractivity contribution in [3.05, 3.63) is 34.9 Å². The topological polar surface area (TPSA) is 20.2 Å². The standard InChI is InChI=1S/C20H34O/c1-16(2)20(21)14-12-18(4)10-6-8-17(3)9-7-11-19(5)13-15-20/h8,11-12,16,21H,6-7,9-10,13-15H2,1-5H3/b17-8+,18-12-,19-11-. The smallest absolute Gasteiger partial charge is 0.0707 e. The Morgan fingerprint density at radius 1 is 0.857 bits per heavy atom. The van der Waals surface area contributed by atoms with E-state index in [2.05, 4.69) is 52.8 Å². The van der Waals surface area contributed by atoms with E-state index in [-0.39, 0.29) is 0 Å². The van der Waals surface area contributed by atoms with Gasteiger partial charge in [0.2, 0.25) is 0 Å². The molecule has 1 N–H and O–H groups in total. The molecule has 0 radical (unpaired) electrons. The molecule has 0 saturated heterocycles. The third kappa shape index (κ3) is 6.65. The van der Waals surface area contributed by atoms with E-state index in [1.165, 1.54) is 16.7 Å². The summed E-state index contributed by atoms with van der Waals surface area (Å²) in [6.45, 7) is 10.9. The van der Waals surface area contributed by atoms with Crippen LogP contribution in [0.2, 0.25) is 0 Å². The Kier molecular flexibility index (Phi) is 7.45. The van der Waals surface area contributed by atoms with E-state index in [9.17, 15) is 5.11 Å². The molecule has 0 saturated carbocycles. The van der Waals surface area contributed by atoms with Gasteiger partial charge in [-0.3, -0.25) is 0 Å². The zero-order chi connectivity index (χ0) is 15.9. The van der Waals surface area contributed by atoms with Crippen LogP contribution in [0.1, 0.15) is 79.6 Å². The van der Waals surface area contributed by atoms with Gasteiger partial charge in [-0.2, -0.15) is 0 Å². The first-order valence-corrected chi connectivity index (χ1v) is 8.53. The fourth-order valence-corrected chi connectivity index (χ4v) is 2.79. The first-order valence-electron chi connectivity index (χ1n) is 8.53. The van der Waals surface area contributed by atoms with Crippen LogP contribution in [0.3, 0.4) is 0 Å².